The molecule has 1 saturated heterocycles. The van der Waals surface area contributed by atoms with Gasteiger partial charge in [-0.3, -0.25) is 4.90 Å². The van der Waals surface area contributed by atoms with Crippen LogP contribution in [0.4, 0.5) is 4.39 Å². The summed E-state index contributed by atoms with van der Waals surface area (Å²) >= 11 is 12.3. The number of ether oxygens (including phenoxy) is 1. The molecular weight excluding hydrogens is 468 g/mol. The first-order valence-corrected chi connectivity index (χ1v) is 11.9. The molecule has 2 aromatic carbocycles. The van der Waals surface area contributed by atoms with Crippen molar-refractivity contribution in [3.8, 4) is 5.75 Å². The number of halogens is 3. The molecule has 4 rings (SSSR count). The molecule has 2 aliphatic rings. The maximum atomic E-state index is 14.3. The predicted molar refractivity (Wildman–Crippen MR) is 126 cm³/mol. The van der Waals surface area contributed by atoms with Crippen LogP contribution in [0.15, 0.2) is 30.3 Å². The van der Waals surface area contributed by atoms with Gasteiger partial charge in [0.25, 0.3) is 0 Å². The molecule has 0 spiro atoms. The molecule has 1 heterocycles. The first kappa shape index (κ1) is 24.3. The number of aliphatic hydroxyl groups is 1. The van der Waals surface area contributed by atoms with Gasteiger partial charge in [-0.05, 0) is 80.1 Å². The average Bonchev–Trinajstić information content (AvgIpc) is 3.59. The molecule has 1 atom stereocenters. The van der Waals surface area contributed by atoms with Gasteiger partial charge in [0, 0.05) is 21.5 Å². The van der Waals surface area contributed by atoms with Crippen LogP contribution in [0.3, 0.4) is 0 Å². The first-order valence-electron chi connectivity index (χ1n) is 11.2. The summed E-state index contributed by atoms with van der Waals surface area (Å²) in [4.78, 5) is 13.5. The van der Waals surface area contributed by atoms with Crippen molar-refractivity contribution in [1.82, 2.24) is 4.90 Å². The number of carbonyl (C=O) groups is 1. The van der Waals surface area contributed by atoms with Crippen LogP contribution in [0.25, 0.3) is 0 Å². The van der Waals surface area contributed by atoms with Crippen LogP contribution in [-0.2, 0) is 0 Å². The smallest absolute Gasteiger partial charge is 0.338 e. The molecule has 2 aromatic rings. The highest BCUT2D eigenvalue weighted by Gasteiger charge is 2.35. The van der Waals surface area contributed by atoms with Gasteiger partial charge in [-0.25, -0.2) is 9.18 Å². The summed E-state index contributed by atoms with van der Waals surface area (Å²) in [5.41, 5.74) is 1.25. The molecule has 2 N–H and O–H groups in total. The third-order valence-corrected chi connectivity index (χ3v) is 7.25. The minimum Gasteiger partial charge on any atom is -0.493 e. The molecule has 0 amide bonds. The number of benzene rings is 2. The Morgan fingerprint density at radius 1 is 1.18 bits per heavy atom. The maximum Gasteiger partial charge on any atom is 0.338 e. The predicted octanol–water partition coefficient (Wildman–Crippen LogP) is 5.92. The Morgan fingerprint density at radius 2 is 1.82 bits per heavy atom. The lowest BCUT2D eigenvalue weighted by Crippen LogP contribution is -2.44. The van der Waals surface area contributed by atoms with E-state index in [9.17, 15) is 19.4 Å². The van der Waals surface area contributed by atoms with Gasteiger partial charge in [0.2, 0.25) is 0 Å². The van der Waals surface area contributed by atoms with Crippen LogP contribution < -0.4 is 4.74 Å². The second-order valence-corrected chi connectivity index (χ2v) is 10.4. The summed E-state index contributed by atoms with van der Waals surface area (Å²) in [6.07, 6.45) is 3.60. The molecule has 0 radical (unpaired) electrons. The lowest BCUT2D eigenvalue weighted by atomic mass is 9.80. The molecule has 178 valence electrons. The van der Waals surface area contributed by atoms with E-state index in [0.29, 0.717) is 22.4 Å². The number of piperidine rings is 1. The van der Waals surface area contributed by atoms with Gasteiger partial charge in [0.05, 0.1) is 24.8 Å². The van der Waals surface area contributed by atoms with E-state index in [4.69, 9.17) is 27.9 Å². The number of aliphatic hydroxyl groups excluding tert-OH is 1. The summed E-state index contributed by atoms with van der Waals surface area (Å²) in [7, 11) is 0. The van der Waals surface area contributed by atoms with Crippen LogP contribution in [0, 0.1) is 11.2 Å². The van der Waals surface area contributed by atoms with Gasteiger partial charge < -0.3 is 14.9 Å². The third-order valence-electron chi connectivity index (χ3n) is 6.81. The number of hydrogen-bond donors (Lipinski definition) is 2. The van der Waals surface area contributed by atoms with Crippen LogP contribution in [0.1, 0.15) is 66.1 Å². The molecule has 0 aromatic heterocycles. The molecule has 0 bridgehead atoms. The highest BCUT2D eigenvalue weighted by Crippen LogP contribution is 2.46. The Kier molecular flexibility index (Phi) is 7.20. The molecule has 5 nitrogen and oxygen atoms in total. The summed E-state index contributed by atoms with van der Waals surface area (Å²) in [6.45, 7) is 4.05. The molecule has 1 unspecified atom stereocenters. The first-order chi connectivity index (χ1) is 15.7. The lowest BCUT2D eigenvalue weighted by Gasteiger charge is -2.42. The van der Waals surface area contributed by atoms with E-state index in [0.717, 1.165) is 49.9 Å². The van der Waals surface area contributed by atoms with Gasteiger partial charge in [-0.1, -0.05) is 30.1 Å². The number of rotatable bonds is 8. The zero-order valence-electron chi connectivity index (χ0n) is 18.5. The van der Waals surface area contributed by atoms with E-state index in [1.807, 2.05) is 12.1 Å². The van der Waals surface area contributed by atoms with Crippen LogP contribution in [0.2, 0.25) is 10.0 Å². The zero-order valence-corrected chi connectivity index (χ0v) is 20.0. The molecule has 1 aliphatic carbocycles. The van der Waals surface area contributed by atoms with Gasteiger partial charge >= 0.3 is 5.97 Å². The second kappa shape index (κ2) is 9.79. The molecule has 1 aliphatic heterocycles. The summed E-state index contributed by atoms with van der Waals surface area (Å²) < 4.78 is 20.4. The Labute approximate surface area is 203 Å². The number of carboxylic acids is 1. The van der Waals surface area contributed by atoms with Crippen LogP contribution in [-0.4, -0.2) is 47.4 Å². The molecular formula is C25H28Cl2FNO4. The van der Waals surface area contributed by atoms with E-state index >= 15 is 0 Å². The fourth-order valence-electron chi connectivity index (χ4n) is 4.55. The van der Waals surface area contributed by atoms with Crippen LogP contribution >= 0.6 is 23.2 Å². The zero-order chi connectivity index (χ0) is 23.8. The van der Waals surface area contributed by atoms with Gasteiger partial charge in [0.1, 0.15) is 11.6 Å². The van der Waals surface area contributed by atoms with Crippen molar-refractivity contribution in [3.05, 3.63) is 62.9 Å². The van der Waals surface area contributed by atoms with Crippen molar-refractivity contribution in [2.24, 2.45) is 5.41 Å². The number of hydrogen-bond acceptors (Lipinski definition) is 4. The summed E-state index contributed by atoms with van der Waals surface area (Å²) in [5.74, 6) is -1.35. The Morgan fingerprint density at radius 3 is 2.36 bits per heavy atom. The van der Waals surface area contributed by atoms with E-state index in [2.05, 4.69) is 11.8 Å². The monoisotopic (exact) mass is 495 g/mol. The lowest BCUT2D eigenvalue weighted by molar-refractivity contribution is 0.0305. The number of carboxylic acid groups (broad SMARTS) is 1. The van der Waals surface area contributed by atoms with Crippen molar-refractivity contribution < 1.29 is 24.1 Å². The molecule has 1 saturated carbocycles. The van der Waals surface area contributed by atoms with Crippen molar-refractivity contribution >= 4 is 29.2 Å². The van der Waals surface area contributed by atoms with Crippen molar-refractivity contribution in [3.63, 3.8) is 0 Å². The fourth-order valence-corrected chi connectivity index (χ4v) is 5.09. The fraction of sp³-hybridized carbons (Fsp3) is 0.480. The Balaban J connectivity index is 1.42. The Hall–Kier alpha value is -1.86. The summed E-state index contributed by atoms with van der Waals surface area (Å²) in [5, 5.41) is 20.4. The molecule has 2 fully saturated rings. The average molecular weight is 496 g/mol. The van der Waals surface area contributed by atoms with Crippen LogP contribution in [0.5, 0.6) is 5.75 Å². The second-order valence-electron chi connectivity index (χ2n) is 9.49. The van der Waals surface area contributed by atoms with Crippen molar-refractivity contribution in [1.29, 1.82) is 0 Å². The molecule has 8 heteroatoms. The normalized spacial score (nSPS) is 19.3. The molecule has 33 heavy (non-hydrogen) atoms. The number of nitrogens with zero attached hydrogens (tertiary/aromatic N) is 1. The standard InChI is InChI=1S/C25H28Cl2FNO4/c1-25(14-33-23-12-21(28)20(24(31)32)11-19(23)15-2-3-15)4-6-29(7-5-25)22(13-30)16-8-17(26)10-18(27)9-16/h8-12,15,22,30H,2-7,13-14H2,1H3,(H,31,32). The van der Waals surface area contributed by atoms with E-state index in [1.165, 1.54) is 12.1 Å². The van der Waals surface area contributed by atoms with Crippen molar-refractivity contribution in [2.45, 2.75) is 44.6 Å². The number of aromatic carboxylic acids is 1. The highest BCUT2D eigenvalue weighted by atomic mass is 35.5. The maximum absolute atomic E-state index is 14.3. The Bertz CT molecular complexity index is 1020. The largest absolute Gasteiger partial charge is 0.493 e. The third kappa shape index (κ3) is 5.62. The minimum absolute atomic E-state index is 0.0379. The van der Waals surface area contributed by atoms with E-state index in [-0.39, 0.29) is 29.5 Å². The number of likely N-dealkylation sites (tertiary alicyclic amines) is 1. The van der Waals surface area contributed by atoms with Gasteiger partial charge in [0.15, 0.2) is 0 Å². The van der Waals surface area contributed by atoms with E-state index in [1.54, 1.807) is 6.07 Å². The van der Waals surface area contributed by atoms with Crippen molar-refractivity contribution in [2.75, 3.05) is 26.3 Å². The minimum atomic E-state index is -1.26. The SMILES string of the molecule is CC1(COc2cc(F)c(C(=O)O)cc2C2CC2)CCN(C(CO)c2cc(Cl)cc(Cl)c2)CC1. The topological polar surface area (TPSA) is 70.0 Å². The summed E-state index contributed by atoms with van der Waals surface area (Å²) in [6, 6.07) is 7.80. The van der Waals surface area contributed by atoms with Gasteiger partial charge in [-0.15, -0.1) is 0 Å². The van der Waals surface area contributed by atoms with E-state index < -0.39 is 11.8 Å². The highest BCUT2D eigenvalue weighted by molar-refractivity contribution is 6.34. The van der Waals surface area contributed by atoms with Gasteiger partial charge in [-0.2, -0.15) is 0 Å². The quantitative estimate of drug-likeness (QED) is 0.475.